The van der Waals surface area contributed by atoms with Gasteiger partial charge in [0.1, 0.15) is 17.8 Å². The maximum Gasteiger partial charge on any atom is 0.200 e. The van der Waals surface area contributed by atoms with Crippen LogP contribution in [0.25, 0.3) is 6.08 Å². The lowest BCUT2D eigenvalue weighted by atomic mass is 9.79. The molecule has 3 aromatic carbocycles. The number of hydrogen-bond acceptors (Lipinski definition) is 4. The fourth-order valence-corrected chi connectivity index (χ4v) is 3.61. The molecule has 4 heteroatoms. The maximum atomic E-state index is 12.7. The van der Waals surface area contributed by atoms with Crippen molar-refractivity contribution >= 4 is 23.8 Å². The van der Waals surface area contributed by atoms with Gasteiger partial charge in [0.15, 0.2) is 5.78 Å². The minimum absolute atomic E-state index is 0.0689. The van der Waals surface area contributed by atoms with E-state index in [9.17, 15) is 4.79 Å². The molecule has 0 saturated carbocycles. The number of aliphatic imine (C=N–C) groups is 1. The van der Waals surface area contributed by atoms with Crippen molar-refractivity contribution in [2.24, 2.45) is 10.1 Å². The molecule has 0 bridgehead atoms. The third-order valence-electron chi connectivity index (χ3n) is 5.18. The summed E-state index contributed by atoms with van der Waals surface area (Å²) in [4.78, 5) is 17.0. The number of nitrogens with one attached hydrogen (secondary N) is 1. The number of hydrazone groups is 1. The number of benzene rings is 3. The van der Waals surface area contributed by atoms with Crippen LogP contribution in [0.5, 0.6) is 0 Å². The fourth-order valence-electron chi connectivity index (χ4n) is 3.61. The van der Waals surface area contributed by atoms with Crippen molar-refractivity contribution in [1.82, 2.24) is 5.43 Å². The summed E-state index contributed by atoms with van der Waals surface area (Å²) in [5, 5.41) is 4.41. The molecule has 0 radical (unpaired) electrons. The Morgan fingerprint density at radius 2 is 1.47 bits per heavy atom. The van der Waals surface area contributed by atoms with Crippen molar-refractivity contribution in [2.75, 3.05) is 6.54 Å². The summed E-state index contributed by atoms with van der Waals surface area (Å²) in [7, 11) is 0. The van der Waals surface area contributed by atoms with Crippen LogP contribution in [0, 0.1) is 0 Å². The minimum Gasteiger partial charge on any atom is -0.294 e. The summed E-state index contributed by atoms with van der Waals surface area (Å²) < 4.78 is 0. The first-order valence-electron chi connectivity index (χ1n) is 9.97. The molecule has 0 aliphatic carbocycles. The molecule has 1 heterocycles. The summed E-state index contributed by atoms with van der Waals surface area (Å²) in [6, 6.07) is 30.2. The summed E-state index contributed by atoms with van der Waals surface area (Å²) in [5.74, 6) is -0.0689. The Morgan fingerprint density at radius 1 is 0.900 bits per heavy atom. The van der Waals surface area contributed by atoms with Crippen LogP contribution in [0.2, 0.25) is 0 Å². The Kier molecular flexibility index (Phi) is 5.95. The van der Waals surface area contributed by atoms with E-state index in [2.05, 4.69) is 39.8 Å². The third-order valence-corrected chi connectivity index (χ3v) is 5.18. The Morgan fingerprint density at radius 3 is 2.07 bits per heavy atom. The Bertz CT molecular complexity index is 1030. The molecule has 30 heavy (non-hydrogen) atoms. The second-order valence-corrected chi connectivity index (χ2v) is 7.17. The van der Waals surface area contributed by atoms with Crippen LogP contribution in [-0.2, 0) is 10.3 Å². The zero-order chi connectivity index (χ0) is 20.7. The van der Waals surface area contributed by atoms with Gasteiger partial charge in [-0.3, -0.25) is 15.2 Å². The molecule has 0 unspecified atom stereocenters. The minimum atomic E-state index is -0.537. The molecule has 1 aliphatic heterocycles. The molecule has 0 aromatic heterocycles. The summed E-state index contributed by atoms with van der Waals surface area (Å²) in [6.07, 6.45) is 5.96. The first-order chi connectivity index (χ1) is 14.8. The van der Waals surface area contributed by atoms with Crippen molar-refractivity contribution in [3.05, 3.63) is 114 Å². The van der Waals surface area contributed by atoms with Crippen molar-refractivity contribution in [1.29, 1.82) is 0 Å². The van der Waals surface area contributed by atoms with E-state index in [4.69, 9.17) is 0 Å². The van der Waals surface area contributed by atoms with Crippen molar-refractivity contribution in [3.8, 4) is 0 Å². The quantitative estimate of drug-likeness (QED) is 0.595. The third kappa shape index (κ3) is 4.28. The molecule has 1 N–H and O–H groups in total. The van der Waals surface area contributed by atoms with E-state index < -0.39 is 5.54 Å². The molecule has 1 aliphatic rings. The van der Waals surface area contributed by atoms with E-state index in [-0.39, 0.29) is 12.3 Å². The van der Waals surface area contributed by atoms with E-state index in [0.29, 0.717) is 12.1 Å². The molecule has 0 saturated heterocycles. The lowest BCUT2D eigenvalue weighted by Gasteiger charge is -2.30. The number of allylic oxidation sites excluding steroid dienone is 1. The van der Waals surface area contributed by atoms with Gasteiger partial charge < -0.3 is 0 Å². The van der Waals surface area contributed by atoms with Gasteiger partial charge in [0.05, 0.1) is 0 Å². The fraction of sp³-hybridized carbons (Fsp3) is 0.115. The summed E-state index contributed by atoms with van der Waals surface area (Å²) in [5.41, 5.74) is 6.49. The highest BCUT2D eigenvalue weighted by Gasteiger charge is 2.41. The van der Waals surface area contributed by atoms with Crippen molar-refractivity contribution < 1.29 is 4.79 Å². The highest BCUT2D eigenvalue weighted by molar-refractivity contribution is 6.41. The zero-order valence-electron chi connectivity index (χ0n) is 16.6. The predicted octanol–water partition coefficient (Wildman–Crippen LogP) is 4.63. The molecule has 0 amide bonds. The highest BCUT2D eigenvalue weighted by atomic mass is 16.1. The van der Waals surface area contributed by atoms with Gasteiger partial charge in [-0.1, -0.05) is 97.1 Å². The number of carbonyl (C=O) groups is 1. The molecule has 148 valence electrons. The Labute approximate surface area is 176 Å². The second kappa shape index (κ2) is 9.14. The molecular weight excluding hydrogens is 370 g/mol. The van der Waals surface area contributed by atoms with E-state index in [1.54, 1.807) is 6.21 Å². The van der Waals surface area contributed by atoms with Crippen LogP contribution in [0.15, 0.2) is 107 Å². The standard InChI is InChI=1S/C26H23N3O/c30-25(20-27-18-10-13-21-11-4-1-5-12-21)24-19-26(29-28-24,22-14-6-2-7-15-22)23-16-8-3-9-17-23/h1-18,29H,19-20H2/b13-10+,27-18?. The van der Waals surface area contributed by atoms with Crippen molar-refractivity contribution in [3.63, 3.8) is 0 Å². The molecule has 4 nitrogen and oxygen atoms in total. The summed E-state index contributed by atoms with van der Waals surface area (Å²) in [6.45, 7) is 0.0826. The van der Waals surface area contributed by atoms with E-state index in [1.807, 2.05) is 78.9 Å². The van der Waals surface area contributed by atoms with Crippen molar-refractivity contribution in [2.45, 2.75) is 12.0 Å². The molecule has 3 aromatic rings. The topological polar surface area (TPSA) is 53.8 Å². The number of nitrogens with zero attached hydrogens (tertiary/aromatic N) is 2. The predicted molar refractivity (Wildman–Crippen MR) is 123 cm³/mol. The summed E-state index contributed by atoms with van der Waals surface area (Å²) >= 11 is 0. The molecular formula is C26H23N3O. The van der Waals surface area contributed by atoms with Crippen LogP contribution < -0.4 is 5.43 Å². The van der Waals surface area contributed by atoms with Crippen LogP contribution in [0.3, 0.4) is 0 Å². The monoisotopic (exact) mass is 393 g/mol. The van der Waals surface area contributed by atoms with E-state index >= 15 is 0 Å². The Balaban J connectivity index is 1.45. The van der Waals surface area contributed by atoms with Gasteiger partial charge in [-0.05, 0) is 22.8 Å². The van der Waals surface area contributed by atoms with Gasteiger partial charge >= 0.3 is 0 Å². The molecule has 4 rings (SSSR count). The average molecular weight is 393 g/mol. The van der Waals surface area contributed by atoms with Crippen LogP contribution in [0.4, 0.5) is 0 Å². The maximum absolute atomic E-state index is 12.7. The molecule has 0 fully saturated rings. The largest absolute Gasteiger partial charge is 0.294 e. The van der Waals surface area contributed by atoms with Gasteiger partial charge in [-0.15, -0.1) is 0 Å². The first kappa shape index (κ1) is 19.5. The highest BCUT2D eigenvalue weighted by Crippen LogP contribution is 2.36. The first-order valence-corrected chi connectivity index (χ1v) is 9.97. The number of Topliss-reactive ketones (excluding diaryl/α,β-unsaturated/α-hetero) is 1. The number of rotatable bonds is 7. The van der Waals surface area contributed by atoms with E-state index in [0.717, 1.165) is 16.7 Å². The molecule has 0 spiro atoms. The lowest BCUT2D eigenvalue weighted by Crippen LogP contribution is -2.37. The Hall–Kier alpha value is -3.79. The van der Waals surface area contributed by atoms with Gasteiger partial charge in [-0.25, -0.2) is 0 Å². The average Bonchev–Trinajstić information content (AvgIpc) is 3.28. The normalized spacial score (nSPS) is 15.3. The van der Waals surface area contributed by atoms with Gasteiger partial charge in [0.2, 0.25) is 0 Å². The number of ketones is 1. The van der Waals surface area contributed by atoms with E-state index in [1.165, 1.54) is 0 Å². The van der Waals surface area contributed by atoms with Crippen LogP contribution in [-0.4, -0.2) is 24.3 Å². The zero-order valence-corrected chi connectivity index (χ0v) is 16.6. The number of carbonyl (C=O) groups excluding carboxylic acids is 1. The second-order valence-electron chi connectivity index (χ2n) is 7.17. The van der Waals surface area contributed by atoms with Crippen LogP contribution >= 0.6 is 0 Å². The lowest BCUT2D eigenvalue weighted by molar-refractivity contribution is -0.111. The van der Waals surface area contributed by atoms with Gasteiger partial charge in [-0.2, -0.15) is 5.10 Å². The number of hydrogen-bond donors (Lipinski definition) is 1. The molecule has 0 atom stereocenters. The SMILES string of the molecule is O=C(CN=C/C=C/c1ccccc1)C1=NNC(c2ccccc2)(c2ccccc2)C1. The van der Waals surface area contributed by atoms with Gasteiger partial charge in [0, 0.05) is 12.6 Å². The van der Waals surface area contributed by atoms with Crippen LogP contribution in [0.1, 0.15) is 23.1 Å². The van der Waals surface area contributed by atoms with Gasteiger partial charge in [0.25, 0.3) is 0 Å². The smallest absolute Gasteiger partial charge is 0.200 e.